The summed E-state index contributed by atoms with van der Waals surface area (Å²) in [6.07, 6.45) is 1.63. The van der Waals surface area contributed by atoms with Gasteiger partial charge in [-0.3, -0.25) is 14.4 Å². The first-order valence-electron chi connectivity index (χ1n) is 7.45. The molecule has 0 saturated heterocycles. The summed E-state index contributed by atoms with van der Waals surface area (Å²) in [5, 5.41) is 7.77. The van der Waals surface area contributed by atoms with Crippen LogP contribution in [0.25, 0.3) is 0 Å². The number of aromatic amines is 1. The maximum atomic E-state index is 11.6. The van der Waals surface area contributed by atoms with Crippen LogP contribution in [0.15, 0.2) is 29.2 Å². The number of H-pyrrole nitrogens is 1. The molecule has 1 aliphatic heterocycles. The van der Waals surface area contributed by atoms with Gasteiger partial charge in [-0.2, -0.15) is 5.10 Å². The first kappa shape index (κ1) is 14.8. The topological polar surface area (TPSA) is 75.2 Å². The van der Waals surface area contributed by atoms with Crippen LogP contribution in [0, 0.1) is 0 Å². The van der Waals surface area contributed by atoms with E-state index in [9.17, 15) is 4.79 Å². The Morgan fingerprint density at radius 1 is 1.45 bits per heavy atom. The normalized spacial score (nSPS) is 14.8. The molecule has 7 heteroatoms. The summed E-state index contributed by atoms with van der Waals surface area (Å²) in [5.41, 5.74) is 1.83. The molecular formula is C15H21N5O2. The van der Waals surface area contributed by atoms with Crippen molar-refractivity contribution < 1.29 is 4.74 Å². The van der Waals surface area contributed by atoms with Crippen molar-refractivity contribution in [3.05, 3.63) is 46.0 Å². The Morgan fingerprint density at radius 2 is 2.36 bits per heavy atom. The highest BCUT2D eigenvalue weighted by molar-refractivity contribution is 5.37. The molecule has 0 saturated carbocycles. The Labute approximate surface area is 128 Å². The molecule has 3 rings (SSSR count). The van der Waals surface area contributed by atoms with Crippen LogP contribution in [-0.4, -0.2) is 46.5 Å². The van der Waals surface area contributed by atoms with Gasteiger partial charge >= 0.3 is 0 Å². The van der Waals surface area contributed by atoms with Crippen molar-refractivity contribution in [1.29, 1.82) is 0 Å². The third-order valence-electron chi connectivity index (χ3n) is 3.85. The Hall–Kier alpha value is -2.12. The second kappa shape index (κ2) is 6.76. The van der Waals surface area contributed by atoms with Crippen molar-refractivity contribution in [2.45, 2.75) is 19.6 Å². The smallest absolute Gasteiger partial charge is 0.252 e. The maximum Gasteiger partial charge on any atom is 0.252 e. The SMILES string of the molecule is COCCN1CCn2nc(NCc3ccc[nH]c3=O)cc2C1. The van der Waals surface area contributed by atoms with E-state index in [2.05, 4.69) is 26.4 Å². The van der Waals surface area contributed by atoms with Gasteiger partial charge in [0.2, 0.25) is 0 Å². The summed E-state index contributed by atoms with van der Waals surface area (Å²) in [7, 11) is 1.72. The average molecular weight is 303 g/mol. The monoisotopic (exact) mass is 303 g/mol. The number of anilines is 1. The van der Waals surface area contributed by atoms with Crippen molar-refractivity contribution in [3.63, 3.8) is 0 Å². The third-order valence-corrected chi connectivity index (χ3v) is 3.85. The average Bonchev–Trinajstić information content (AvgIpc) is 2.94. The van der Waals surface area contributed by atoms with E-state index in [1.165, 1.54) is 5.69 Å². The molecule has 3 heterocycles. The zero-order valence-corrected chi connectivity index (χ0v) is 12.7. The van der Waals surface area contributed by atoms with Crippen LogP contribution in [0.2, 0.25) is 0 Å². The first-order valence-corrected chi connectivity index (χ1v) is 7.45. The van der Waals surface area contributed by atoms with Gasteiger partial charge in [-0.25, -0.2) is 0 Å². The lowest BCUT2D eigenvalue weighted by atomic mass is 10.2. The van der Waals surface area contributed by atoms with E-state index in [-0.39, 0.29) is 5.56 Å². The van der Waals surface area contributed by atoms with Gasteiger partial charge in [-0.1, -0.05) is 6.07 Å². The molecule has 0 unspecified atom stereocenters. The van der Waals surface area contributed by atoms with Crippen molar-refractivity contribution >= 4 is 5.82 Å². The molecule has 7 nitrogen and oxygen atoms in total. The number of methoxy groups -OCH3 is 1. The molecule has 0 fully saturated rings. The van der Waals surface area contributed by atoms with E-state index in [4.69, 9.17) is 4.74 Å². The minimum Gasteiger partial charge on any atom is -0.383 e. The van der Waals surface area contributed by atoms with Crippen molar-refractivity contribution in [2.24, 2.45) is 0 Å². The van der Waals surface area contributed by atoms with Crippen molar-refractivity contribution in [1.82, 2.24) is 19.7 Å². The van der Waals surface area contributed by atoms with Gasteiger partial charge in [0, 0.05) is 51.1 Å². The molecule has 2 aromatic heterocycles. The lowest BCUT2D eigenvalue weighted by Crippen LogP contribution is -2.35. The molecular weight excluding hydrogens is 282 g/mol. The molecule has 0 aromatic carbocycles. The molecule has 0 aliphatic carbocycles. The molecule has 0 amide bonds. The van der Waals surface area contributed by atoms with Crippen LogP contribution in [0.4, 0.5) is 5.82 Å². The summed E-state index contributed by atoms with van der Waals surface area (Å²) in [4.78, 5) is 16.7. The van der Waals surface area contributed by atoms with E-state index in [0.29, 0.717) is 12.1 Å². The number of nitrogens with zero attached hydrogens (tertiary/aromatic N) is 3. The number of rotatable bonds is 6. The minimum absolute atomic E-state index is 0.0651. The molecule has 22 heavy (non-hydrogen) atoms. The van der Waals surface area contributed by atoms with Crippen LogP contribution >= 0.6 is 0 Å². The standard InChI is InChI=1S/C15H21N5O2/c1-22-8-7-19-5-6-20-13(11-19)9-14(18-20)17-10-12-3-2-4-16-15(12)21/h2-4,9H,5-8,10-11H2,1H3,(H,16,21)(H,17,18). The summed E-state index contributed by atoms with van der Waals surface area (Å²) < 4.78 is 7.16. The van der Waals surface area contributed by atoms with Gasteiger partial charge in [-0.15, -0.1) is 0 Å². The predicted octanol–water partition coefficient (Wildman–Crippen LogP) is 0.645. The summed E-state index contributed by atoms with van der Waals surface area (Å²) in [6, 6.07) is 5.69. The molecule has 0 spiro atoms. The molecule has 0 atom stereocenters. The van der Waals surface area contributed by atoms with Crippen LogP contribution in [-0.2, 0) is 24.4 Å². The fourth-order valence-electron chi connectivity index (χ4n) is 2.60. The zero-order valence-electron chi connectivity index (χ0n) is 12.7. The largest absolute Gasteiger partial charge is 0.383 e. The molecule has 2 N–H and O–H groups in total. The maximum absolute atomic E-state index is 11.6. The van der Waals surface area contributed by atoms with Gasteiger partial charge in [0.25, 0.3) is 5.56 Å². The van der Waals surface area contributed by atoms with E-state index >= 15 is 0 Å². The van der Waals surface area contributed by atoms with Crippen molar-refractivity contribution in [2.75, 3.05) is 32.1 Å². The van der Waals surface area contributed by atoms with E-state index in [0.717, 1.165) is 38.6 Å². The van der Waals surface area contributed by atoms with Gasteiger partial charge in [0.1, 0.15) is 5.82 Å². The Bertz CT molecular complexity index is 679. The highest BCUT2D eigenvalue weighted by atomic mass is 16.5. The van der Waals surface area contributed by atoms with Crippen LogP contribution in [0.3, 0.4) is 0 Å². The van der Waals surface area contributed by atoms with Crippen molar-refractivity contribution in [3.8, 4) is 0 Å². The second-order valence-electron chi connectivity index (χ2n) is 5.39. The van der Waals surface area contributed by atoms with Gasteiger partial charge in [0.15, 0.2) is 0 Å². The van der Waals surface area contributed by atoms with Gasteiger partial charge in [0.05, 0.1) is 18.8 Å². The predicted molar refractivity (Wildman–Crippen MR) is 83.8 cm³/mol. The zero-order chi connectivity index (χ0) is 15.4. The quantitative estimate of drug-likeness (QED) is 0.819. The molecule has 1 aliphatic rings. The fourth-order valence-corrected chi connectivity index (χ4v) is 2.60. The number of nitrogens with one attached hydrogen (secondary N) is 2. The van der Waals surface area contributed by atoms with E-state index < -0.39 is 0 Å². The highest BCUT2D eigenvalue weighted by Gasteiger charge is 2.17. The Morgan fingerprint density at radius 3 is 3.18 bits per heavy atom. The Balaban J connectivity index is 1.62. The summed E-state index contributed by atoms with van der Waals surface area (Å²) in [6.45, 7) is 4.90. The van der Waals surface area contributed by atoms with Gasteiger partial charge < -0.3 is 15.0 Å². The number of fused-ring (bicyclic) bond motifs is 1. The number of hydrogen-bond acceptors (Lipinski definition) is 5. The summed E-state index contributed by atoms with van der Waals surface area (Å²) in [5.74, 6) is 0.812. The third kappa shape index (κ3) is 3.37. The van der Waals surface area contributed by atoms with Gasteiger partial charge in [-0.05, 0) is 6.07 Å². The number of ether oxygens (including phenoxy) is 1. The minimum atomic E-state index is -0.0651. The molecule has 2 aromatic rings. The fraction of sp³-hybridized carbons (Fsp3) is 0.467. The lowest BCUT2D eigenvalue weighted by molar-refractivity contribution is 0.129. The van der Waals surface area contributed by atoms with E-state index in [1.54, 1.807) is 13.3 Å². The van der Waals surface area contributed by atoms with Crippen LogP contribution in [0.1, 0.15) is 11.3 Å². The van der Waals surface area contributed by atoms with E-state index in [1.807, 2.05) is 16.8 Å². The first-order chi connectivity index (χ1) is 10.8. The molecule has 118 valence electrons. The lowest BCUT2D eigenvalue weighted by Gasteiger charge is -2.26. The number of aromatic nitrogens is 3. The number of pyridine rings is 1. The Kier molecular flexibility index (Phi) is 4.55. The van der Waals surface area contributed by atoms with Crippen LogP contribution < -0.4 is 10.9 Å². The summed E-state index contributed by atoms with van der Waals surface area (Å²) >= 11 is 0. The second-order valence-corrected chi connectivity index (χ2v) is 5.39. The highest BCUT2D eigenvalue weighted by Crippen LogP contribution is 2.16. The molecule has 0 radical (unpaired) electrons. The number of hydrogen-bond donors (Lipinski definition) is 2. The van der Waals surface area contributed by atoms with Crippen LogP contribution in [0.5, 0.6) is 0 Å². The molecule has 0 bridgehead atoms.